The zero-order valence-electron chi connectivity index (χ0n) is 10.8. The predicted octanol–water partition coefficient (Wildman–Crippen LogP) is 4.91. The number of pyridine rings is 1. The molecule has 0 fully saturated rings. The van der Waals surface area contributed by atoms with Gasteiger partial charge in [0.05, 0.1) is 17.4 Å². The van der Waals surface area contributed by atoms with Crippen LogP contribution in [0.4, 0.5) is 5.69 Å². The minimum absolute atomic E-state index is 0.312. The van der Waals surface area contributed by atoms with Crippen molar-refractivity contribution < 1.29 is 0 Å². The third kappa shape index (κ3) is 3.03. The quantitative estimate of drug-likeness (QED) is 0.805. The molecule has 0 aromatic carbocycles. The van der Waals surface area contributed by atoms with Crippen LogP contribution in [0.2, 0.25) is 5.15 Å². The van der Waals surface area contributed by atoms with Gasteiger partial charge >= 0.3 is 0 Å². The van der Waals surface area contributed by atoms with E-state index in [2.05, 4.69) is 41.7 Å². The Hall–Kier alpha value is -1.06. The summed E-state index contributed by atoms with van der Waals surface area (Å²) < 4.78 is 0. The highest BCUT2D eigenvalue weighted by Crippen LogP contribution is 2.30. The Morgan fingerprint density at radius 3 is 2.61 bits per heavy atom. The van der Waals surface area contributed by atoms with Gasteiger partial charge in [0.2, 0.25) is 0 Å². The van der Waals surface area contributed by atoms with Gasteiger partial charge in [0.1, 0.15) is 5.15 Å². The van der Waals surface area contributed by atoms with Crippen molar-refractivity contribution in [3.63, 3.8) is 0 Å². The molecule has 2 aromatic rings. The first-order chi connectivity index (χ1) is 8.58. The van der Waals surface area contributed by atoms with Crippen LogP contribution in [0.3, 0.4) is 0 Å². The number of halogens is 1. The van der Waals surface area contributed by atoms with Crippen LogP contribution in [0.25, 0.3) is 0 Å². The lowest BCUT2D eigenvalue weighted by Crippen LogP contribution is -2.16. The summed E-state index contributed by atoms with van der Waals surface area (Å²) >= 11 is 7.66. The lowest BCUT2D eigenvalue weighted by molar-refractivity contribution is 0.553. The summed E-state index contributed by atoms with van der Waals surface area (Å²) in [5.41, 5.74) is 1.98. The highest BCUT2D eigenvalue weighted by Gasteiger charge is 2.17. The number of aryl methyl sites for hydroxylation is 1. The number of nitrogens with one attached hydrogen (secondary N) is 1. The van der Waals surface area contributed by atoms with Crippen LogP contribution in [-0.2, 0) is 0 Å². The molecule has 0 bridgehead atoms. The van der Waals surface area contributed by atoms with Crippen LogP contribution in [0.5, 0.6) is 0 Å². The Morgan fingerprint density at radius 1 is 1.28 bits per heavy atom. The minimum Gasteiger partial charge on any atom is -0.376 e. The van der Waals surface area contributed by atoms with Gasteiger partial charge in [0.15, 0.2) is 0 Å². The summed E-state index contributed by atoms with van der Waals surface area (Å²) in [5, 5.41) is 6.21. The first kappa shape index (κ1) is 13.4. The molecule has 96 valence electrons. The average molecular weight is 281 g/mol. The summed E-state index contributed by atoms with van der Waals surface area (Å²) in [4.78, 5) is 5.62. The number of hydrogen-bond acceptors (Lipinski definition) is 3. The van der Waals surface area contributed by atoms with Gasteiger partial charge < -0.3 is 5.32 Å². The fraction of sp³-hybridized carbons (Fsp3) is 0.357. The molecule has 0 amide bonds. The van der Waals surface area contributed by atoms with Crippen molar-refractivity contribution in [3.05, 3.63) is 45.4 Å². The van der Waals surface area contributed by atoms with E-state index in [0.29, 0.717) is 17.1 Å². The van der Waals surface area contributed by atoms with E-state index in [9.17, 15) is 0 Å². The molecule has 2 heterocycles. The minimum atomic E-state index is 0.312. The van der Waals surface area contributed by atoms with Crippen LogP contribution in [-0.4, -0.2) is 4.98 Å². The Kier molecular flexibility index (Phi) is 4.25. The molecule has 0 radical (unpaired) electrons. The molecule has 4 heteroatoms. The molecule has 1 N–H and O–H groups in total. The van der Waals surface area contributed by atoms with E-state index in [1.54, 1.807) is 11.3 Å². The van der Waals surface area contributed by atoms with Gasteiger partial charge in [-0.05, 0) is 36.4 Å². The van der Waals surface area contributed by atoms with Crippen molar-refractivity contribution in [1.29, 1.82) is 0 Å². The molecule has 0 spiro atoms. The van der Waals surface area contributed by atoms with Crippen LogP contribution in [0, 0.1) is 12.8 Å². The molecule has 1 atom stereocenters. The lowest BCUT2D eigenvalue weighted by atomic mass is 10.0. The van der Waals surface area contributed by atoms with Gasteiger partial charge in [-0.1, -0.05) is 31.5 Å². The smallest absolute Gasteiger partial charge is 0.129 e. The summed E-state index contributed by atoms with van der Waals surface area (Å²) in [7, 11) is 0. The molecule has 18 heavy (non-hydrogen) atoms. The topological polar surface area (TPSA) is 24.9 Å². The molecular formula is C14H17ClN2S. The molecule has 2 nitrogen and oxygen atoms in total. The molecular weight excluding hydrogens is 264 g/mol. The Balaban J connectivity index is 2.24. The number of thiophene rings is 1. The maximum Gasteiger partial charge on any atom is 0.129 e. The fourth-order valence-electron chi connectivity index (χ4n) is 1.89. The van der Waals surface area contributed by atoms with Gasteiger partial charge in [-0.3, -0.25) is 0 Å². The zero-order valence-corrected chi connectivity index (χ0v) is 12.3. The van der Waals surface area contributed by atoms with E-state index < -0.39 is 0 Å². The summed E-state index contributed by atoms with van der Waals surface area (Å²) in [5.74, 6) is 0.513. The molecule has 1 unspecified atom stereocenters. The van der Waals surface area contributed by atoms with E-state index in [1.807, 2.05) is 19.1 Å². The van der Waals surface area contributed by atoms with Crippen molar-refractivity contribution in [2.24, 2.45) is 5.92 Å². The van der Waals surface area contributed by atoms with E-state index in [-0.39, 0.29) is 0 Å². The maximum atomic E-state index is 5.88. The number of hydrogen-bond donors (Lipinski definition) is 1. The van der Waals surface area contributed by atoms with Crippen molar-refractivity contribution in [2.45, 2.75) is 26.8 Å². The standard InChI is InChI=1S/C14H17ClN2S/c1-9(2)14(12-5-4-8-18-12)17-11-6-7-13(15)16-10(11)3/h4-9,14,17H,1-3H3. The molecule has 0 aliphatic rings. The fourth-order valence-corrected chi connectivity index (χ4v) is 3.02. The molecule has 0 saturated carbocycles. The van der Waals surface area contributed by atoms with E-state index >= 15 is 0 Å². The third-order valence-electron chi connectivity index (χ3n) is 2.88. The second-order valence-corrected chi connectivity index (χ2v) is 6.01. The third-order valence-corrected chi connectivity index (χ3v) is 4.05. The number of aromatic nitrogens is 1. The van der Waals surface area contributed by atoms with Crippen LogP contribution in [0.1, 0.15) is 30.5 Å². The number of rotatable bonds is 4. The van der Waals surface area contributed by atoms with Gasteiger partial charge in [-0.15, -0.1) is 11.3 Å². The SMILES string of the molecule is Cc1nc(Cl)ccc1NC(c1cccs1)C(C)C. The summed E-state index contributed by atoms with van der Waals surface area (Å²) in [6, 6.07) is 8.38. The second-order valence-electron chi connectivity index (χ2n) is 4.65. The highest BCUT2D eigenvalue weighted by atomic mass is 35.5. The van der Waals surface area contributed by atoms with E-state index in [4.69, 9.17) is 11.6 Å². The Labute approximate surface area is 117 Å². The molecule has 2 aromatic heterocycles. The van der Waals surface area contributed by atoms with Crippen molar-refractivity contribution in [1.82, 2.24) is 4.98 Å². The first-order valence-corrected chi connectivity index (χ1v) is 7.27. The van der Waals surface area contributed by atoms with Crippen LogP contribution < -0.4 is 5.32 Å². The normalized spacial score (nSPS) is 12.7. The average Bonchev–Trinajstić information content (AvgIpc) is 2.80. The first-order valence-electron chi connectivity index (χ1n) is 6.01. The summed E-state index contributed by atoms with van der Waals surface area (Å²) in [6.45, 7) is 6.41. The van der Waals surface area contributed by atoms with Crippen molar-refractivity contribution >= 4 is 28.6 Å². The van der Waals surface area contributed by atoms with Gasteiger partial charge in [-0.25, -0.2) is 4.98 Å². The van der Waals surface area contributed by atoms with E-state index in [0.717, 1.165) is 11.4 Å². The monoisotopic (exact) mass is 280 g/mol. The molecule has 2 rings (SSSR count). The molecule has 0 aliphatic heterocycles. The van der Waals surface area contributed by atoms with Crippen molar-refractivity contribution in [2.75, 3.05) is 5.32 Å². The lowest BCUT2D eigenvalue weighted by Gasteiger charge is -2.23. The highest BCUT2D eigenvalue weighted by molar-refractivity contribution is 7.10. The zero-order chi connectivity index (χ0) is 13.1. The Bertz CT molecular complexity index is 509. The van der Waals surface area contributed by atoms with Gasteiger partial charge in [-0.2, -0.15) is 0 Å². The second kappa shape index (κ2) is 5.72. The van der Waals surface area contributed by atoms with Gasteiger partial charge in [0, 0.05) is 4.88 Å². The van der Waals surface area contributed by atoms with Crippen LogP contribution >= 0.6 is 22.9 Å². The van der Waals surface area contributed by atoms with E-state index in [1.165, 1.54) is 4.88 Å². The Morgan fingerprint density at radius 2 is 2.06 bits per heavy atom. The van der Waals surface area contributed by atoms with Crippen LogP contribution in [0.15, 0.2) is 29.6 Å². The maximum absolute atomic E-state index is 5.88. The predicted molar refractivity (Wildman–Crippen MR) is 79.5 cm³/mol. The number of anilines is 1. The number of nitrogens with zero attached hydrogens (tertiary/aromatic N) is 1. The molecule has 0 aliphatic carbocycles. The van der Waals surface area contributed by atoms with Gasteiger partial charge in [0.25, 0.3) is 0 Å². The summed E-state index contributed by atoms with van der Waals surface area (Å²) in [6.07, 6.45) is 0. The molecule has 0 saturated heterocycles. The van der Waals surface area contributed by atoms with Crippen molar-refractivity contribution in [3.8, 4) is 0 Å². The largest absolute Gasteiger partial charge is 0.376 e.